The topological polar surface area (TPSA) is 141 Å². The quantitative estimate of drug-likeness (QED) is 0.412. The number of anilines is 1. The predicted octanol–water partition coefficient (Wildman–Crippen LogP) is -0.0839. The molecule has 36 heavy (non-hydrogen) atoms. The Hall–Kier alpha value is -3.80. The van der Waals surface area contributed by atoms with E-state index in [0.29, 0.717) is 5.95 Å². The number of aliphatic carboxylic acids is 1. The van der Waals surface area contributed by atoms with Gasteiger partial charge in [0.25, 0.3) is 5.56 Å². The molecule has 2 aromatic heterocycles. The van der Waals surface area contributed by atoms with Gasteiger partial charge in [0.1, 0.15) is 6.54 Å². The van der Waals surface area contributed by atoms with Crippen molar-refractivity contribution >= 4 is 29.1 Å². The molecule has 1 aliphatic rings. The zero-order valence-corrected chi connectivity index (χ0v) is 20.0. The number of ether oxygens (including phenoxy) is 1. The van der Waals surface area contributed by atoms with Crippen LogP contribution in [0.25, 0.3) is 11.2 Å². The number of rotatable bonds is 5. The van der Waals surface area contributed by atoms with Crippen LogP contribution in [0.5, 0.6) is 0 Å². The number of esters is 1. The van der Waals surface area contributed by atoms with Crippen LogP contribution >= 0.6 is 0 Å². The van der Waals surface area contributed by atoms with Crippen molar-refractivity contribution in [3.05, 3.63) is 20.8 Å². The molecular formula is C21H27F3N6O6. The highest BCUT2D eigenvalue weighted by atomic mass is 19.4. The summed E-state index contributed by atoms with van der Waals surface area (Å²) in [5.41, 5.74) is -0.636. The number of carbonyl (C=O) groups is 2. The zero-order chi connectivity index (χ0) is 27.0. The molecule has 198 valence electrons. The molecule has 12 nitrogen and oxygen atoms in total. The van der Waals surface area contributed by atoms with E-state index < -0.39 is 35.9 Å². The molecule has 0 amide bonds. The monoisotopic (exact) mass is 516 g/mol. The number of alkyl halides is 3. The normalized spacial score (nSPS) is 13.8. The van der Waals surface area contributed by atoms with E-state index in [0.717, 1.165) is 37.2 Å². The number of hydrogen-bond donors (Lipinski definition) is 2. The molecule has 0 spiro atoms. The molecule has 0 aliphatic carbocycles. The summed E-state index contributed by atoms with van der Waals surface area (Å²) in [4.78, 5) is 53.5. The predicted molar refractivity (Wildman–Crippen MR) is 123 cm³/mol. The van der Waals surface area contributed by atoms with Gasteiger partial charge in [0.05, 0.1) is 13.2 Å². The van der Waals surface area contributed by atoms with E-state index in [2.05, 4.69) is 27.0 Å². The summed E-state index contributed by atoms with van der Waals surface area (Å²) < 4.78 is 40.6. The third kappa shape index (κ3) is 6.66. The molecule has 3 rings (SSSR count). The van der Waals surface area contributed by atoms with E-state index in [1.807, 2.05) is 0 Å². The molecular weight excluding hydrogens is 489 g/mol. The first-order valence-corrected chi connectivity index (χ1v) is 10.9. The fourth-order valence-corrected chi connectivity index (χ4v) is 3.43. The highest BCUT2D eigenvalue weighted by Crippen LogP contribution is 2.20. The van der Waals surface area contributed by atoms with E-state index >= 15 is 0 Å². The van der Waals surface area contributed by atoms with Crippen LogP contribution < -0.4 is 21.5 Å². The van der Waals surface area contributed by atoms with Crippen LogP contribution in [0.3, 0.4) is 0 Å². The van der Waals surface area contributed by atoms with Crippen molar-refractivity contribution in [3.63, 3.8) is 0 Å². The Kier molecular flexibility index (Phi) is 9.68. The standard InChI is InChI=1S/C19H26N6O4.C2HF3O2/c1-4-6-11-24-15-16(21-18(24)23-10-7-8-20-9-12-23)22(3)19(28)25(17(15)27)13-14(26)29-5-2;3-2(4,5)1(6)7/h20H,5,7-13H2,1-3H3;(H,6,7). The summed E-state index contributed by atoms with van der Waals surface area (Å²) in [6.45, 7) is 6.61. The smallest absolute Gasteiger partial charge is 0.475 e. The maximum absolute atomic E-state index is 13.2. The maximum Gasteiger partial charge on any atom is 0.490 e. The fraction of sp³-hybridized carbons (Fsp3) is 0.571. The molecule has 2 aromatic rings. The molecule has 0 saturated carbocycles. The zero-order valence-electron chi connectivity index (χ0n) is 20.0. The number of imidazole rings is 1. The van der Waals surface area contributed by atoms with E-state index in [1.165, 1.54) is 4.57 Å². The summed E-state index contributed by atoms with van der Waals surface area (Å²) in [5, 5.41) is 10.5. The fourth-order valence-electron chi connectivity index (χ4n) is 3.43. The van der Waals surface area contributed by atoms with E-state index in [1.54, 1.807) is 25.5 Å². The second-order valence-electron chi connectivity index (χ2n) is 7.53. The van der Waals surface area contributed by atoms with Gasteiger partial charge in [-0.1, -0.05) is 5.92 Å². The lowest BCUT2D eigenvalue weighted by Crippen LogP contribution is -2.41. The van der Waals surface area contributed by atoms with Crippen LogP contribution in [0, 0.1) is 11.8 Å². The lowest BCUT2D eigenvalue weighted by atomic mass is 10.4. The lowest BCUT2D eigenvalue weighted by Gasteiger charge is -2.21. The average Bonchev–Trinajstić information content (AvgIpc) is 2.98. The lowest BCUT2D eigenvalue weighted by molar-refractivity contribution is -0.192. The van der Waals surface area contributed by atoms with Gasteiger partial charge in [0.2, 0.25) is 5.95 Å². The largest absolute Gasteiger partial charge is 0.490 e. The van der Waals surface area contributed by atoms with Crippen LogP contribution in [0.15, 0.2) is 9.59 Å². The van der Waals surface area contributed by atoms with Gasteiger partial charge < -0.3 is 20.1 Å². The number of nitrogens with one attached hydrogen (secondary N) is 1. The second-order valence-corrected chi connectivity index (χ2v) is 7.53. The van der Waals surface area contributed by atoms with Gasteiger partial charge in [-0.05, 0) is 26.8 Å². The van der Waals surface area contributed by atoms with Crippen molar-refractivity contribution < 1.29 is 32.6 Å². The number of halogens is 3. The maximum atomic E-state index is 13.2. The van der Waals surface area contributed by atoms with Crippen molar-refractivity contribution in [2.24, 2.45) is 7.05 Å². The molecule has 0 unspecified atom stereocenters. The number of carboxylic acid groups (broad SMARTS) is 1. The van der Waals surface area contributed by atoms with Gasteiger partial charge in [0.15, 0.2) is 11.2 Å². The molecule has 0 atom stereocenters. The van der Waals surface area contributed by atoms with Crippen LogP contribution in [-0.4, -0.2) is 74.7 Å². The van der Waals surface area contributed by atoms with Crippen molar-refractivity contribution in [3.8, 4) is 11.8 Å². The first kappa shape index (κ1) is 28.4. The summed E-state index contributed by atoms with van der Waals surface area (Å²) in [5.74, 6) is 3.04. The SMILES string of the molecule is CC#CCn1c(N2CCCNCC2)nc2c1c(=O)n(CC(=O)OCC)c(=O)n2C.O=C(O)C(F)(F)F. The van der Waals surface area contributed by atoms with E-state index in [4.69, 9.17) is 14.6 Å². The molecule has 1 saturated heterocycles. The average molecular weight is 516 g/mol. The van der Waals surface area contributed by atoms with Gasteiger partial charge in [-0.25, -0.2) is 14.2 Å². The molecule has 2 N–H and O–H groups in total. The Morgan fingerprint density at radius 2 is 1.86 bits per heavy atom. The van der Waals surface area contributed by atoms with Crippen molar-refractivity contribution in [1.29, 1.82) is 0 Å². The Labute approximate surface area is 203 Å². The summed E-state index contributed by atoms with van der Waals surface area (Å²) >= 11 is 0. The second kappa shape index (κ2) is 12.2. The highest BCUT2D eigenvalue weighted by Gasteiger charge is 2.38. The first-order valence-electron chi connectivity index (χ1n) is 10.9. The highest BCUT2D eigenvalue weighted by molar-refractivity contribution is 5.76. The van der Waals surface area contributed by atoms with Gasteiger partial charge in [-0.3, -0.25) is 18.7 Å². The Morgan fingerprint density at radius 3 is 2.44 bits per heavy atom. The van der Waals surface area contributed by atoms with Gasteiger partial charge in [-0.2, -0.15) is 18.2 Å². The molecule has 0 aromatic carbocycles. The molecule has 1 fully saturated rings. The van der Waals surface area contributed by atoms with Crippen molar-refractivity contribution in [1.82, 2.24) is 24.0 Å². The number of nitrogens with zero attached hydrogens (tertiary/aromatic N) is 5. The number of fused-ring (bicyclic) bond motifs is 1. The number of aromatic nitrogens is 4. The number of carbonyl (C=O) groups excluding carboxylic acids is 1. The van der Waals surface area contributed by atoms with Gasteiger partial charge in [0, 0.05) is 26.7 Å². The summed E-state index contributed by atoms with van der Waals surface area (Å²) in [6.07, 6.45) is -4.14. The molecule has 0 bridgehead atoms. The molecule has 3 heterocycles. The van der Waals surface area contributed by atoms with E-state index in [9.17, 15) is 27.6 Å². The summed E-state index contributed by atoms with van der Waals surface area (Å²) in [7, 11) is 1.54. The molecule has 0 radical (unpaired) electrons. The Bertz CT molecular complexity index is 1280. The molecule has 1 aliphatic heterocycles. The molecule has 15 heteroatoms. The number of aryl methyl sites for hydroxylation is 1. The first-order chi connectivity index (χ1) is 16.9. The van der Waals surface area contributed by atoms with E-state index in [-0.39, 0.29) is 24.3 Å². The van der Waals surface area contributed by atoms with Gasteiger partial charge in [-0.15, -0.1) is 5.92 Å². The van der Waals surface area contributed by atoms with Gasteiger partial charge >= 0.3 is 23.8 Å². The minimum atomic E-state index is -5.08. The van der Waals surface area contributed by atoms with Crippen LogP contribution in [0.1, 0.15) is 20.3 Å². The summed E-state index contributed by atoms with van der Waals surface area (Å²) in [6, 6.07) is 0. The third-order valence-electron chi connectivity index (χ3n) is 5.08. The van der Waals surface area contributed by atoms with Crippen molar-refractivity contribution in [2.75, 3.05) is 37.7 Å². The Morgan fingerprint density at radius 1 is 1.19 bits per heavy atom. The minimum absolute atomic E-state index is 0.174. The number of hydrogen-bond acceptors (Lipinski definition) is 8. The Balaban J connectivity index is 0.000000572. The van der Waals surface area contributed by atoms with Crippen LogP contribution in [-0.2, 0) is 34.5 Å². The van der Waals surface area contributed by atoms with Crippen LogP contribution in [0.2, 0.25) is 0 Å². The van der Waals surface area contributed by atoms with Crippen LogP contribution in [0.4, 0.5) is 19.1 Å². The number of carboxylic acids is 1. The van der Waals surface area contributed by atoms with Crippen molar-refractivity contribution in [2.45, 2.75) is 39.5 Å². The minimum Gasteiger partial charge on any atom is -0.475 e. The third-order valence-corrected chi connectivity index (χ3v) is 5.08.